The Morgan fingerprint density at radius 1 is 1.42 bits per heavy atom. The van der Waals surface area contributed by atoms with Crippen LogP contribution in [0.3, 0.4) is 0 Å². The van der Waals surface area contributed by atoms with E-state index in [0.717, 1.165) is 11.5 Å². The van der Waals surface area contributed by atoms with Gasteiger partial charge < -0.3 is 10.7 Å². The molecule has 0 aromatic carbocycles. The van der Waals surface area contributed by atoms with Crippen molar-refractivity contribution >= 4 is 5.82 Å². The number of nitrogen functional groups attached to an aromatic ring is 1. The summed E-state index contributed by atoms with van der Waals surface area (Å²) < 4.78 is 0. The molecule has 1 saturated carbocycles. The Morgan fingerprint density at radius 2 is 2.08 bits per heavy atom. The maximum atomic E-state index is 5.67. The maximum absolute atomic E-state index is 5.67. The normalized spacial score (nSPS) is 18.8. The minimum atomic E-state index is 0.640. The van der Waals surface area contributed by atoms with Crippen molar-refractivity contribution in [3.05, 3.63) is 11.5 Å². The van der Waals surface area contributed by atoms with E-state index in [4.69, 9.17) is 5.73 Å². The predicted octanol–water partition coefficient (Wildman–Crippen LogP) is 1.96. The monoisotopic (exact) mass is 165 g/mol. The summed E-state index contributed by atoms with van der Waals surface area (Å²) in [6, 6.07) is 0. The summed E-state index contributed by atoms with van der Waals surface area (Å²) in [6.07, 6.45) is 5.22. The molecule has 0 saturated heterocycles. The lowest BCUT2D eigenvalue weighted by molar-refractivity contribution is 0.678. The van der Waals surface area contributed by atoms with E-state index in [0.29, 0.717) is 11.7 Å². The Balaban J connectivity index is 2.21. The van der Waals surface area contributed by atoms with Crippen LogP contribution in [0.4, 0.5) is 5.82 Å². The summed E-state index contributed by atoms with van der Waals surface area (Å²) in [5.74, 6) is 2.40. The van der Waals surface area contributed by atoms with Crippen molar-refractivity contribution in [2.45, 2.75) is 38.5 Å². The van der Waals surface area contributed by atoms with Crippen LogP contribution in [0, 0.1) is 6.92 Å². The third-order valence-electron chi connectivity index (χ3n) is 2.68. The van der Waals surface area contributed by atoms with Gasteiger partial charge in [-0.1, -0.05) is 12.8 Å². The van der Waals surface area contributed by atoms with Crippen LogP contribution in [0.15, 0.2) is 0 Å². The van der Waals surface area contributed by atoms with E-state index in [9.17, 15) is 0 Å². The molecule has 3 N–H and O–H groups in total. The fourth-order valence-corrected chi connectivity index (χ4v) is 1.89. The number of anilines is 1. The van der Waals surface area contributed by atoms with E-state index in [2.05, 4.69) is 9.97 Å². The number of nitrogens with two attached hydrogens (primary N) is 1. The molecule has 0 atom stereocenters. The lowest BCUT2D eigenvalue weighted by Gasteiger charge is -2.02. The average molecular weight is 165 g/mol. The summed E-state index contributed by atoms with van der Waals surface area (Å²) in [5, 5.41) is 0. The molecule has 1 aliphatic carbocycles. The molecule has 0 unspecified atom stereocenters. The van der Waals surface area contributed by atoms with Gasteiger partial charge in [0.25, 0.3) is 0 Å². The van der Waals surface area contributed by atoms with Gasteiger partial charge in [-0.05, 0) is 19.8 Å². The van der Waals surface area contributed by atoms with Gasteiger partial charge in [-0.3, -0.25) is 0 Å². The number of aryl methyl sites for hydroxylation is 1. The Hall–Kier alpha value is -0.990. The van der Waals surface area contributed by atoms with E-state index >= 15 is 0 Å². The third kappa shape index (κ3) is 1.19. The standard InChI is InChI=1S/C9H15N3/c1-6-8(10)12-9(11-6)7-4-2-3-5-7/h7H,2-5,10H2,1H3,(H,11,12). The molecule has 1 heterocycles. The fourth-order valence-electron chi connectivity index (χ4n) is 1.89. The lowest BCUT2D eigenvalue weighted by atomic mass is 10.1. The van der Waals surface area contributed by atoms with Gasteiger partial charge in [-0.25, -0.2) is 4.98 Å². The predicted molar refractivity (Wildman–Crippen MR) is 48.9 cm³/mol. The number of aromatic nitrogens is 2. The molecule has 2 rings (SSSR count). The average Bonchev–Trinajstić information content (AvgIpc) is 2.61. The molecule has 0 aliphatic heterocycles. The summed E-state index contributed by atoms with van der Waals surface area (Å²) in [4.78, 5) is 7.56. The van der Waals surface area contributed by atoms with E-state index in [1.807, 2.05) is 6.92 Å². The van der Waals surface area contributed by atoms with Crippen LogP contribution in [-0.4, -0.2) is 9.97 Å². The molecule has 0 bridgehead atoms. The number of aromatic amines is 1. The first-order valence-corrected chi connectivity index (χ1v) is 4.59. The zero-order chi connectivity index (χ0) is 8.55. The molecule has 3 nitrogen and oxygen atoms in total. The van der Waals surface area contributed by atoms with Gasteiger partial charge in [0, 0.05) is 5.92 Å². The SMILES string of the molecule is Cc1[nH]c(C2CCCC2)nc1N. The largest absolute Gasteiger partial charge is 0.382 e. The zero-order valence-corrected chi connectivity index (χ0v) is 7.43. The van der Waals surface area contributed by atoms with Crippen molar-refractivity contribution < 1.29 is 0 Å². The number of H-pyrrole nitrogens is 1. The number of imidazole rings is 1. The molecule has 0 radical (unpaired) electrons. The highest BCUT2D eigenvalue weighted by Gasteiger charge is 2.20. The maximum Gasteiger partial charge on any atom is 0.144 e. The van der Waals surface area contributed by atoms with Gasteiger partial charge in [-0.2, -0.15) is 0 Å². The number of rotatable bonds is 1. The molecule has 1 fully saturated rings. The Morgan fingerprint density at radius 3 is 2.58 bits per heavy atom. The Bertz CT molecular complexity index is 252. The summed E-state index contributed by atoms with van der Waals surface area (Å²) in [5.41, 5.74) is 6.68. The molecule has 12 heavy (non-hydrogen) atoms. The smallest absolute Gasteiger partial charge is 0.144 e. The van der Waals surface area contributed by atoms with Crippen molar-refractivity contribution in [2.75, 3.05) is 5.73 Å². The molecular formula is C9H15N3. The van der Waals surface area contributed by atoms with Crippen LogP contribution in [0.2, 0.25) is 0 Å². The molecule has 66 valence electrons. The van der Waals surface area contributed by atoms with E-state index in [1.165, 1.54) is 25.7 Å². The first-order chi connectivity index (χ1) is 5.77. The molecular weight excluding hydrogens is 150 g/mol. The Kier molecular flexibility index (Phi) is 1.79. The lowest BCUT2D eigenvalue weighted by Crippen LogP contribution is -1.95. The topological polar surface area (TPSA) is 54.7 Å². The summed E-state index contributed by atoms with van der Waals surface area (Å²) in [6.45, 7) is 1.97. The Labute approximate surface area is 72.4 Å². The van der Waals surface area contributed by atoms with Gasteiger partial charge in [0.15, 0.2) is 0 Å². The molecule has 0 spiro atoms. The number of hydrogen-bond acceptors (Lipinski definition) is 2. The second-order valence-electron chi connectivity index (χ2n) is 3.61. The van der Waals surface area contributed by atoms with Crippen LogP contribution in [-0.2, 0) is 0 Å². The van der Waals surface area contributed by atoms with E-state index in [1.54, 1.807) is 0 Å². The number of nitrogens with zero attached hydrogens (tertiary/aromatic N) is 1. The quantitative estimate of drug-likeness (QED) is 0.668. The fraction of sp³-hybridized carbons (Fsp3) is 0.667. The van der Waals surface area contributed by atoms with Crippen molar-refractivity contribution in [3.8, 4) is 0 Å². The minimum absolute atomic E-state index is 0.640. The molecule has 0 amide bonds. The van der Waals surface area contributed by atoms with Crippen LogP contribution in [0.1, 0.15) is 43.1 Å². The summed E-state index contributed by atoms with van der Waals surface area (Å²) >= 11 is 0. The number of nitrogens with one attached hydrogen (secondary N) is 1. The van der Waals surface area contributed by atoms with Crippen molar-refractivity contribution in [1.82, 2.24) is 9.97 Å². The summed E-state index contributed by atoms with van der Waals surface area (Å²) in [7, 11) is 0. The second-order valence-corrected chi connectivity index (χ2v) is 3.61. The van der Waals surface area contributed by atoms with Gasteiger partial charge in [0.2, 0.25) is 0 Å². The highest BCUT2D eigenvalue weighted by atomic mass is 15.0. The minimum Gasteiger partial charge on any atom is -0.382 e. The van der Waals surface area contributed by atoms with Crippen molar-refractivity contribution in [1.29, 1.82) is 0 Å². The third-order valence-corrected chi connectivity index (χ3v) is 2.68. The van der Waals surface area contributed by atoms with E-state index in [-0.39, 0.29) is 0 Å². The zero-order valence-electron chi connectivity index (χ0n) is 7.43. The first-order valence-electron chi connectivity index (χ1n) is 4.59. The van der Waals surface area contributed by atoms with Crippen LogP contribution in [0.5, 0.6) is 0 Å². The molecule has 1 aromatic heterocycles. The van der Waals surface area contributed by atoms with Gasteiger partial charge >= 0.3 is 0 Å². The van der Waals surface area contributed by atoms with Crippen LogP contribution in [0.25, 0.3) is 0 Å². The number of hydrogen-bond donors (Lipinski definition) is 2. The van der Waals surface area contributed by atoms with Crippen LogP contribution < -0.4 is 5.73 Å². The molecule has 3 heteroatoms. The molecule has 1 aromatic rings. The van der Waals surface area contributed by atoms with Crippen molar-refractivity contribution in [3.63, 3.8) is 0 Å². The second kappa shape index (κ2) is 2.81. The molecule has 1 aliphatic rings. The van der Waals surface area contributed by atoms with Gasteiger partial charge in [0.05, 0.1) is 5.69 Å². The highest BCUT2D eigenvalue weighted by molar-refractivity contribution is 5.35. The van der Waals surface area contributed by atoms with Gasteiger partial charge in [-0.15, -0.1) is 0 Å². The van der Waals surface area contributed by atoms with E-state index < -0.39 is 0 Å². The van der Waals surface area contributed by atoms with Crippen molar-refractivity contribution in [2.24, 2.45) is 0 Å². The highest BCUT2D eigenvalue weighted by Crippen LogP contribution is 2.32. The van der Waals surface area contributed by atoms with Gasteiger partial charge in [0.1, 0.15) is 11.6 Å². The first kappa shape index (κ1) is 7.65. The van der Waals surface area contributed by atoms with Crippen LogP contribution >= 0.6 is 0 Å².